The van der Waals surface area contributed by atoms with E-state index in [9.17, 15) is 0 Å². The Bertz CT molecular complexity index is 603. The first-order valence-electron chi connectivity index (χ1n) is 11.1. The topological polar surface area (TPSA) is 12.0 Å². The van der Waals surface area contributed by atoms with Crippen molar-refractivity contribution >= 4 is 5.57 Å². The van der Waals surface area contributed by atoms with E-state index < -0.39 is 0 Å². The molecule has 1 aliphatic carbocycles. The van der Waals surface area contributed by atoms with Crippen LogP contribution >= 0.6 is 0 Å². The van der Waals surface area contributed by atoms with Gasteiger partial charge in [-0.1, -0.05) is 83.2 Å². The van der Waals surface area contributed by atoms with E-state index >= 15 is 0 Å². The molecule has 1 N–H and O–H groups in total. The fraction of sp³-hybridized carbons (Fsp3) is 0.615. The summed E-state index contributed by atoms with van der Waals surface area (Å²) >= 11 is 0. The highest BCUT2D eigenvalue weighted by Crippen LogP contribution is 2.41. The van der Waals surface area contributed by atoms with Crippen LogP contribution in [0, 0.1) is 30.1 Å². The van der Waals surface area contributed by atoms with Crippen LogP contribution < -0.4 is 5.32 Å². The maximum Gasteiger partial charge on any atom is 0.0158 e. The van der Waals surface area contributed by atoms with E-state index in [-0.39, 0.29) is 0 Å². The number of unbranched alkanes of at least 4 members (excludes halogenated alkanes) is 1. The first kappa shape index (κ1) is 21.8. The third-order valence-electron chi connectivity index (χ3n) is 6.39. The molecule has 27 heavy (non-hydrogen) atoms. The predicted octanol–water partition coefficient (Wildman–Crippen LogP) is 6.49. The van der Waals surface area contributed by atoms with Crippen molar-refractivity contribution in [2.24, 2.45) is 17.8 Å². The van der Waals surface area contributed by atoms with Crippen LogP contribution in [0.2, 0.25) is 0 Å². The van der Waals surface area contributed by atoms with Gasteiger partial charge in [-0.15, -0.1) is 12.3 Å². The number of hydrogen-bond donors (Lipinski definition) is 1. The molecule has 1 nitrogen and oxygen atoms in total. The lowest BCUT2D eigenvalue weighted by Crippen LogP contribution is -2.35. The van der Waals surface area contributed by atoms with Crippen LogP contribution in [0.5, 0.6) is 0 Å². The number of allylic oxidation sites excluding steroid dienone is 1. The van der Waals surface area contributed by atoms with Crippen molar-refractivity contribution in [3.8, 4) is 12.3 Å². The molecule has 2 rings (SSSR count). The second kappa shape index (κ2) is 12.0. The van der Waals surface area contributed by atoms with Crippen LogP contribution in [0.15, 0.2) is 30.8 Å². The molecule has 0 saturated heterocycles. The molecule has 148 valence electrons. The van der Waals surface area contributed by atoms with E-state index in [0.717, 1.165) is 31.8 Å². The normalized spacial score (nSPS) is 17.2. The van der Waals surface area contributed by atoms with Gasteiger partial charge in [-0.05, 0) is 60.4 Å². The fourth-order valence-corrected chi connectivity index (χ4v) is 4.77. The van der Waals surface area contributed by atoms with Gasteiger partial charge in [0.1, 0.15) is 0 Å². The van der Waals surface area contributed by atoms with Crippen molar-refractivity contribution in [1.29, 1.82) is 0 Å². The van der Waals surface area contributed by atoms with Crippen LogP contribution in [0.1, 0.15) is 76.3 Å². The van der Waals surface area contributed by atoms with Gasteiger partial charge in [0, 0.05) is 6.42 Å². The molecule has 1 fully saturated rings. The van der Waals surface area contributed by atoms with E-state index in [4.69, 9.17) is 6.42 Å². The zero-order valence-corrected chi connectivity index (χ0v) is 17.6. The largest absolute Gasteiger partial charge is 0.316 e. The fourth-order valence-electron chi connectivity index (χ4n) is 4.77. The highest BCUT2D eigenvalue weighted by molar-refractivity contribution is 5.68. The minimum Gasteiger partial charge on any atom is -0.316 e. The van der Waals surface area contributed by atoms with Gasteiger partial charge >= 0.3 is 0 Å². The third kappa shape index (κ3) is 6.25. The average Bonchev–Trinajstić information content (AvgIpc) is 2.72. The third-order valence-corrected chi connectivity index (χ3v) is 6.39. The smallest absolute Gasteiger partial charge is 0.0158 e. The molecule has 1 saturated carbocycles. The van der Waals surface area contributed by atoms with E-state index in [2.05, 4.69) is 55.9 Å². The van der Waals surface area contributed by atoms with Gasteiger partial charge in [-0.2, -0.15) is 0 Å². The molecule has 0 spiro atoms. The van der Waals surface area contributed by atoms with E-state index in [1.165, 1.54) is 61.6 Å². The van der Waals surface area contributed by atoms with Crippen molar-refractivity contribution in [2.75, 3.05) is 13.1 Å². The molecule has 2 unspecified atom stereocenters. The lowest BCUT2D eigenvalue weighted by Gasteiger charge is -2.37. The summed E-state index contributed by atoms with van der Waals surface area (Å²) in [6, 6.07) is 8.76. The zero-order chi connectivity index (χ0) is 19.5. The van der Waals surface area contributed by atoms with Gasteiger partial charge in [-0.3, -0.25) is 0 Å². The minimum atomic E-state index is 0.375. The van der Waals surface area contributed by atoms with Gasteiger partial charge < -0.3 is 5.32 Å². The molecule has 0 heterocycles. The number of benzene rings is 1. The Morgan fingerprint density at radius 3 is 2.63 bits per heavy atom. The van der Waals surface area contributed by atoms with Gasteiger partial charge in [-0.25, -0.2) is 0 Å². The number of nitrogens with one attached hydrogen (secondary N) is 1. The van der Waals surface area contributed by atoms with Gasteiger partial charge in [0.05, 0.1) is 0 Å². The molecular weight excluding hydrogens is 326 g/mol. The summed E-state index contributed by atoms with van der Waals surface area (Å²) in [5.41, 5.74) is 3.98. The quantitative estimate of drug-likeness (QED) is 0.349. The molecule has 0 radical (unpaired) electrons. The van der Waals surface area contributed by atoms with Crippen LogP contribution in [0.4, 0.5) is 0 Å². The van der Waals surface area contributed by atoms with Crippen molar-refractivity contribution in [1.82, 2.24) is 5.32 Å². The Kier molecular flexibility index (Phi) is 9.71. The number of rotatable bonds is 11. The Morgan fingerprint density at radius 2 is 1.96 bits per heavy atom. The Morgan fingerprint density at radius 1 is 1.22 bits per heavy atom. The summed E-state index contributed by atoms with van der Waals surface area (Å²) in [5, 5.41) is 3.75. The molecule has 0 aromatic heterocycles. The summed E-state index contributed by atoms with van der Waals surface area (Å²) < 4.78 is 0. The molecule has 0 aliphatic heterocycles. The summed E-state index contributed by atoms with van der Waals surface area (Å²) in [6.45, 7) is 11.3. The molecule has 1 aromatic rings. The molecule has 1 heteroatoms. The predicted molar refractivity (Wildman–Crippen MR) is 120 cm³/mol. The Labute approximate surface area is 168 Å². The molecule has 0 amide bonds. The first-order chi connectivity index (χ1) is 13.2. The lowest BCUT2D eigenvalue weighted by atomic mass is 9.69. The maximum atomic E-state index is 5.85. The second-order valence-electron chi connectivity index (χ2n) is 8.17. The van der Waals surface area contributed by atoms with E-state index in [1.807, 2.05) is 0 Å². The number of hydrogen-bond acceptors (Lipinski definition) is 1. The van der Waals surface area contributed by atoms with Crippen LogP contribution in [-0.4, -0.2) is 13.1 Å². The van der Waals surface area contributed by atoms with E-state index in [0.29, 0.717) is 11.8 Å². The van der Waals surface area contributed by atoms with Crippen molar-refractivity contribution in [3.63, 3.8) is 0 Å². The Balaban J connectivity index is 2.25. The molecule has 1 aliphatic rings. The standard InChI is InChI=1S/C26H39N/c1-5-8-19-27-20-26(23-16-10-9-11-17-23)25(14-6-2)21(4)24-18-13-12-15-22(24)7-3/h2,12-13,15,18,23,25-27H,4-5,7-11,14,16-17,19-20H2,1,3H3. The molecule has 0 bridgehead atoms. The minimum absolute atomic E-state index is 0.375. The number of aryl methyl sites for hydroxylation is 1. The average molecular weight is 366 g/mol. The second-order valence-corrected chi connectivity index (χ2v) is 8.17. The van der Waals surface area contributed by atoms with Gasteiger partial charge in [0.2, 0.25) is 0 Å². The van der Waals surface area contributed by atoms with Crippen LogP contribution in [-0.2, 0) is 6.42 Å². The maximum absolute atomic E-state index is 5.85. The summed E-state index contributed by atoms with van der Waals surface area (Å²) in [5.74, 6) is 4.73. The highest BCUT2D eigenvalue weighted by atomic mass is 14.9. The molecule has 2 atom stereocenters. The summed E-state index contributed by atoms with van der Waals surface area (Å²) in [7, 11) is 0. The highest BCUT2D eigenvalue weighted by Gasteiger charge is 2.32. The van der Waals surface area contributed by atoms with Crippen LogP contribution in [0.25, 0.3) is 5.57 Å². The van der Waals surface area contributed by atoms with Gasteiger partial charge in [0.25, 0.3) is 0 Å². The van der Waals surface area contributed by atoms with E-state index in [1.54, 1.807) is 0 Å². The molecular formula is C26H39N. The first-order valence-corrected chi connectivity index (χ1v) is 11.1. The Hall–Kier alpha value is -1.52. The van der Waals surface area contributed by atoms with Crippen molar-refractivity contribution < 1.29 is 0 Å². The van der Waals surface area contributed by atoms with Gasteiger partial charge in [0.15, 0.2) is 0 Å². The molecule has 1 aromatic carbocycles. The zero-order valence-electron chi connectivity index (χ0n) is 17.6. The SMILES string of the molecule is C#CCC(C(=C)c1ccccc1CC)C(CNCCCC)C1CCCCC1. The summed E-state index contributed by atoms with van der Waals surface area (Å²) in [4.78, 5) is 0. The van der Waals surface area contributed by atoms with Crippen molar-refractivity contribution in [2.45, 2.75) is 71.6 Å². The monoisotopic (exact) mass is 365 g/mol. The number of terminal acetylenes is 1. The lowest BCUT2D eigenvalue weighted by molar-refractivity contribution is 0.202. The summed E-state index contributed by atoms with van der Waals surface area (Å²) in [6.07, 6.45) is 17.0. The van der Waals surface area contributed by atoms with Crippen LogP contribution in [0.3, 0.4) is 0 Å². The van der Waals surface area contributed by atoms with Crippen molar-refractivity contribution in [3.05, 3.63) is 42.0 Å².